The van der Waals surface area contributed by atoms with Gasteiger partial charge in [-0.2, -0.15) is 5.26 Å². The number of nitrogens with two attached hydrogens (primary N) is 1. The van der Waals surface area contributed by atoms with Crippen LogP contribution in [0.4, 0.5) is 0 Å². The van der Waals surface area contributed by atoms with Crippen molar-refractivity contribution in [3.05, 3.63) is 76.1 Å². The molecule has 0 saturated heterocycles. The summed E-state index contributed by atoms with van der Waals surface area (Å²) in [5, 5.41) is 10.0. The molecule has 0 radical (unpaired) electrons. The first-order chi connectivity index (χ1) is 9.70. The predicted molar refractivity (Wildman–Crippen MR) is 77.2 cm³/mol. The molecule has 1 aliphatic heterocycles. The molecule has 1 aliphatic rings. The molecular formula is C16H11ClN2O. The van der Waals surface area contributed by atoms with Gasteiger partial charge in [-0.3, -0.25) is 0 Å². The Morgan fingerprint density at radius 1 is 1.10 bits per heavy atom. The average Bonchev–Trinajstić information content (AvgIpc) is 2.47. The van der Waals surface area contributed by atoms with Crippen LogP contribution in [0, 0.1) is 11.3 Å². The highest BCUT2D eigenvalue weighted by Gasteiger charge is 2.29. The summed E-state index contributed by atoms with van der Waals surface area (Å²) in [7, 11) is 0. The van der Waals surface area contributed by atoms with E-state index in [9.17, 15) is 5.26 Å². The zero-order chi connectivity index (χ0) is 14.1. The van der Waals surface area contributed by atoms with E-state index < -0.39 is 0 Å². The topological polar surface area (TPSA) is 59.0 Å². The number of halogens is 1. The molecule has 1 atom stereocenters. The highest BCUT2D eigenvalue weighted by atomic mass is 35.5. The fourth-order valence-corrected chi connectivity index (χ4v) is 2.53. The summed E-state index contributed by atoms with van der Waals surface area (Å²) in [5.74, 6) is 0.623. The molecule has 2 aromatic carbocycles. The summed E-state index contributed by atoms with van der Waals surface area (Å²) in [5.41, 5.74) is 8.19. The van der Waals surface area contributed by atoms with E-state index in [0.29, 0.717) is 16.3 Å². The second-order valence-corrected chi connectivity index (χ2v) is 4.95. The fraction of sp³-hybridized carbons (Fsp3) is 0.0625. The van der Waals surface area contributed by atoms with E-state index in [1.54, 1.807) is 12.1 Å². The van der Waals surface area contributed by atoms with Crippen molar-refractivity contribution in [3.63, 3.8) is 0 Å². The Balaban J connectivity index is 2.20. The molecule has 0 aromatic heterocycles. The highest BCUT2D eigenvalue weighted by molar-refractivity contribution is 6.30. The Kier molecular flexibility index (Phi) is 3.09. The molecule has 0 bridgehead atoms. The zero-order valence-corrected chi connectivity index (χ0v) is 11.3. The number of ether oxygens (including phenoxy) is 1. The van der Waals surface area contributed by atoms with Gasteiger partial charge >= 0.3 is 0 Å². The smallest absolute Gasteiger partial charge is 0.205 e. The molecule has 98 valence electrons. The molecule has 3 nitrogen and oxygen atoms in total. The molecule has 2 aromatic rings. The summed E-state index contributed by atoms with van der Waals surface area (Å²) in [4.78, 5) is 0. The maximum absolute atomic E-state index is 9.38. The summed E-state index contributed by atoms with van der Waals surface area (Å²) in [6.45, 7) is 0. The minimum absolute atomic E-state index is 0.158. The highest BCUT2D eigenvalue weighted by Crippen LogP contribution is 2.41. The third kappa shape index (κ3) is 2.01. The molecule has 0 unspecified atom stereocenters. The Labute approximate surface area is 121 Å². The van der Waals surface area contributed by atoms with Gasteiger partial charge in [-0.1, -0.05) is 41.9 Å². The lowest BCUT2D eigenvalue weighted by atomic mass is 9.84. The molecule has 0 spiro atoms. The van der Waals surface area contributed by atoms with Crippen LogP contribution in [0.2, 0.25) is 5.02 Å². The molecule has 0 amide bonds. The average molecular weight is 283 g/mol. The van der Waals surface area contributed by atoms with Crippen molar-refractivity contribution in [2.45, 2.75) is 5.92 Å². The number of hydrogen-bond acceptors (Lipinski definition) is 3. The van der Waals surface area contributed by atoms with Crippen LogP contribution in [-0.2, 0) is 0 Å². The van der Waals surface area contributed by atoms with Crippen molar-refractivity contribution in [1.82, 2.24) is 0 Å². The van der Waals surface area contributed by atoms with Gasteiger partial charge in [0.2, 0.25) is 5.88 Å². The first-order valence-electron chi connectivity index (χ1n) is 6.12. The SMILES string of the molecule is N#CC1=C(N)Oc2ccccc2[C@H]1c1ccc(Cl)cc1. The molecule has 3 rings (SSSR count). The second kappa shape index (κ2) is 4.92. The van der Waals surface area contributed by atoms with Crippen LogP contribution in [0.5, 0.6) is 5.75 Å². The summed E-state index contributed by atoms with van der Waals surface area (Å²) >= 11 is 5.92. The van der Waals surface area contributed by atoms with Gasteiger partial charge in [-0.25, -0.2) is 0 Å². The molecule has 2 N–H and O–H groups in total. The number of para-hydroxylation sites is 1. The Hall–Kier alpha value is -2.44. The lowest BCUT2D eigenvalue weighted by Crippen LogP contribution is -2.20. The van der Waals surface area contributed by atoms with Crippen LogP contribution in [0.1, 0.15) is 17.0 Å². The van der Waals surface area contributed by atoms with E-state index in [-0.39, 0.29) is 11.8 Å². The number of fused-ring (bicyclic) bond motifs is 1. The van der Waals surface area contributed by atoms with Gasteiger partial charge < -0.3 is 10.5 Å². The van der Waals surface area contributed by atoms with Crippen molar-refractivity contribution in [2.24, 2.45) is 5.73 Å². The van der Waals surface area contributed by atoms with Gasteiger partial charge in [-0.05, 0) is 23.8 Å². The van der Waals surface area contributed by atoms with Gasteiger partial charge in [0.05, 0.1) is 5.92 Å². The van der Waals surface area contributed by atoms with E-state index in [1.807, 2.05) is 36.4 Å². The van der Waals surface area contributed by atoms with Crippen molar-refractivity contribution in [2.75, 3.05) is 0 Å². The van der Waals surface area contributed by atoms with Crippen LogP contribution in [0.15, 0.2) is 60.0 Å². The second-order valence-electron chi connectivity index (χ2n) is 4.51. The number of benzene rings is 2. The number of nitrogens with zero attached hydrogens (tertiary/aromatic N) is 1. The maximum Gasteiger partial charge on any atom is 0.205 e. The number of nitriles is 1. The quantitative estimate of drug-likeness (QED) is 0.870. The van der Waals surface area contributed by atoms with E-state index in [0.717, 1.165) is 11.1 Å². The van der Waals surface area contributed by atoms with E-state index in [4.69, 9.17) is 22.1 Å². The normalized spacial score (nSPS) is 17.1. The third-order valence-electron chi connectivity index (χ3n) is 3.33. The van der Waals surface area contributed by atoms with Gasteiger partial charge in [0.15, 0.2) is 0 Å². The zero-order valence-electron chi connectivity index (χ0n) is 10.5. The van der Waals surface area contributed by atoms with E-state index in [1.165, 1.54) is 0 Å². The van der Waals surface area contributed by atoms with Gasteiger partial charge in [0.1, 0.15) is 17.4 Å². The first-order valence-corrected chi connectivity index (χ1v) is 6.50. The first kappa shape index (κ1) is 12.6. The number of rotatable bonds is 1. The van der Waals surface area contributed by atoms with Crippen LogP contribution in [-0.4, -0.2) is 0 Å². The lowest BCUT2D eigenvalue weighted by molar-refractivity contribution is 0.393. The molecule has 0 fully saturated rings. The minimum atomic E-state index is -0.220. The van der Waals surface area contributed by atoms with Crippen LogP contribution in [0.3, 0.4) is 0 Å². The van der Waals surface area contributed by atoms with Crippen LogP contribution in [0.25, 0.3) is 0 Å². The summed E-state index contributed by atoms with van der Waals surface area (Å²) in [6.07, 6.45) is 0. The maximum atomic E-state index is 9.38. The molecule has 0 saturated carbocycles. The number of allylic oxidation sites excluding steroid dienone is 1. The lowest BCUT2D eigenvalue weighted by Gasteiger charge is -2.26. The molecule has 1 heterocycles. The molecule has 20 heavy (non-hydrogen) atoms. The Morgan fingerprint density at radius 3 is 2.50 bits per heavy atom. The van der Waals surface area contributed by atoms with Crippen molar-refractivity contribution >= 4 is 11.6 Å². The monoisotopic (exact) mass is 282 g/mol. The number of hydrogen-bond donors (Lipinski definition) is 1. The van der Waals surface area contributed by atoms with Gasteiger partial charge in [-0.15, -0.1) is 0 Å². The standard InChI is InChI=1S/C16H11ClN2O/c17-11-7-5-10(6-8-11)15-12-3-1-2-4-14(12)20-16(19)13(15)9-18/h1-8,15H,19H2/t15-/m1/s1. The molecule has 0 aliphatic carbocycles. The van der Waals surface area contributed by atoms with Crippen molar-refractivity contribution in [3.8, 4) is 11.8 Å². The van der Waals surface area contributed by atoms with Gasteiger partial charge in [0, 0.05) is 10.6 Å². The Morgan fingerprint density at radius 2 is 1.80 bits per heavy atom. The van der Waals surface area contributed by atoms with Crippen molar-refractivity contribution < 1.29 is 4.74 Å². The van der Waals surface area contributed by atoms with Crippen LogP contribution < -0.4 is 10.5 Å². The van der Waals surface area contributed by atoms with Crippen molar-refractivity contribution in [1.29, 1.82) is 5.26 Å². The van der Waals surface area contributed by atoms with Gasteiger partial charge in [0.25, 0.3) is 0 Å². The summed E-state index contributed by atoms with van der Waals surface area (Å²) < 4.78 is 5.52. The van der Waals surface area contributed by atoms with E-state index >= 15 is 0 Å². The largest absolute Gasteiger partial charge is 0.440 e. The predicted octanol–water partition coefficient (Wildman–Crippen LogP) is 3.56. The Bertz CT molecular complexity index is 729. The third-order valence-corrected chi connectivity index (χ3v) is 3.58. The minimum Gasteiger partial charge on any atom is -0.440 e. The van der Waals surface area contributed by atoms with Crippen LogP contribution >= 0.6 is 11.6 Å². The fourth-order valence-electron chi connectivity index (χ4n) is 2.40. The summed E-state index contributed by atoms with van der Waals surface area (Å²) in [6, 6.07) is 17.2. The molecular weight excluding hydrogens is 272 g/mol. The van der Waals surface area contributed by atoms with E-state index in [2.05, 4.69) is 6.07 Å². The molecule has 4 heteroatoms.